The Labute approximate surface area is 151 Å². The average molecular weight is 347 g/mol. The molecule has 1 aromatic rings. The molecule has 0 N–H and O–H groups in total. The van der Waals surface area contributed by atoms with Gasteiger partial charge in [0.25, 0.3) is 0 Å². The minimum atomic E-state index is -0.632. The number of rotatable bonds is 5. The van der Waals surface area contributed by atoms with Crippen LogP contribution < -0.4 is 0 Å². The van der Waals surface area contributed by atoms with Crippen molar-refractivity contribution in [2.45, 2.75) is 83.5 Å². The van der Waals surface area contributed by atoms with Crippen molar-refractivity contribution < 1.29 is 8.78 Å². The van der Waals surface area contributed by atoms with Crippen molar-refractivity contribution in [3.05, 3.63) is 47.0 Å². The summed E-state index contributed by atoms with van der Waals surface area (Å²) in [5.74, 6) is 0.692. The van der Waals surface area contributed by atoms with E-state index in [0.717, 1.165) is 31.1 Å². The topological polar surface area (TPSA) is 0 Å². The summed E-state index contributed by atoms with van der Waals surface area (Å²) in [5.41, 5.74) is 1.09. The Kier molecular flexibility index (Phi) is 6.67. The lowest BCUT2D eigenvalue weighted by Crippen LogP contribution is -2.23. The van der Waals surface area contributed by atoms with Crippen LogP contribution in [0.3, 0.4) is 0 Å². The summed E-state index contributed by atoms with van der Waals surface area (Å²) < 4.78 is 29.0. The molecule has 2 heteroatoms. The van der Waals surface area contributed by atoms with E-state index in [1.807, 2.05) is 25.1 Å². The highest BCUT2D eigenvalue weighted by molar-refractivity contribution is 5.30. The van der Waals surface area contributed by atoms with Gasteiger partial charge in [0.05, 0.1) is 0 Å². The van der Waals surface area contributed by atoms with Gasteiger partial charge in [-0.25, -0.2) is 8.78 Å². The minimum Gasteiger partial charge on any atom is -0.203 e. The predicted octanol–water partition coefficient (Wildman–Crippen LogP) is 7.33. The highest BCUT2D eigenvalue weighted by Gasteiger charge is 2.30. The van der Waals surface area contributed by atoms with Gasteiger partial charge in [0.2, 0.25) is 0 Å². The van der Waals surface area contributed by atoms with Gasteiger partial charge in [-0.3, -0.25) is 0 Å². The molecular weight excluding hydrogens is 314 g/mol. The van der Waals surface area contributed by atoms with Gasteiger partial charge < -0.3 is 0 Å². The number of benzene rings is 1. The molecule has 0 aliphatic heterocycles. The molecule has 0 atom stereocenters. The molecule has 2 saturated carbocycles. The molecule has 0 amide bonds. The lowest BCUT2D eigenvalue weighted by atomic mass is 9.70. The maximum absolute atomic E-state index is 14.6. The zero-order chi connectivity index (χ0) is 17.6. The molecule has 0 heterocycles. The first-order chi connectivity index (χ1) is 12.2. The van der Waals surface area contributed by atoms with E-state index in [1.54, 1.807) is 6.07 Å². The maximum Gasteiger partial charge on any atom is 0.162 e. The molecule has 2 fully saturated rings. The molecular formula is C23H32F2. The average Bonchev–Trinajstić information content (AvgIpc) is 2.66. The van der Waals surface area contributed by atoms with E-state index in [4.69, 9.17) is 0 Å². The van der Waals surface area contributed by atoms with Crippen LogP contribution in [0.2, 0.25) is 0 Å². The van der Waals surface area contributed by atoms with Gasteiger partial charge in [0.1, 0.15) is 0 Å². The Morgan fingerprint density at radius 1 is 0.840 bits per heavy atom. The van der Waals surface area contributed by atoms with Gasteiger partial charge in [-0.1, -0.05) is 63.3 Å². The first-order valence-corrected chi connectivity index (χ1v) is 10.3. The largest absolute Gasteiger partial charge is 0.203 e. The van der Waals surface area contributed by atoms with Gasteiger partial charge in [0.15, 0.2) is 11.6 Å². The molecule has 3 rings (SSSR count). The van der Waals surface area contributed by atoms with E-state index in [9.17, 15) is 8.78 Å². The second kappa shape index (κ2) is 8.96. The zero-order valence-electron chi connectivity index (χ0n) is 15.6. The second-order valence-corrected chi connectivity index (χ2v) is 8.04. The van der Waals surface area contributed by atoms with Gasteiger partial charge in [-0.2, -0.15) is 0 Å². The lowest BCUT2D eigenvalue weighted by molar-refractivity contribution is 0.185. The number of allylic oxidation sites excluding steroid dienone is 2. The van der Waals surface area contributed by atoms with Crippen LogP contribution in [0.15, 0.2) is 24.3 Å². The molecule has 0 nitrogen and oxygen atoms in total. The van der Waals surface area contributed by atoms with Gasteiger partial charge in [-0.15, -0.1) is 0 Å². The van der Waals surface area contributed by atoms with Crippen LogP contribution in [0, 0.1) is 23.5 Å². The third-order valence-electron chi connectivity index (χ3n) is 6.46. The van der Waals surface area contributed by atoms with Crippen molar-refractivity contribution in [2.24, 2.45) is 11.8 Å². The maximum atomic E-state index is 14.6. The Hall–Kier alpha value is -1.18. The van der Waals surface area contributed by atoms with E-state index in [2.05, 4.69) is 0 Å². The Morgan fingerprint density at radius 2 is 1.52 bits per heavy atom. The third kappa shape index (κ3) is 4.51. The summed E-state index contributed by atoms with van der Waals surface area (Å²) >= 11 is 0. The second-order valence-electron chi connectivity index (χ2n) is 8.04. The molecule has 2 aliphatic rings. The predicted molar refractivity (Wildman–Crippen MR) is 101 cm³/mol. The fraction of sp³-hybridized carbons (Fsp3) is 0.652. The number of hydrogen-bond donors (Lipinski definition) is 0. The molecule has 0 unspecified atom stereocenters. The van der Waals surface area contributed by atoms with Crippen LogP contribution in [0.4, 0.5) is 8.78 Å². The Bertz CT molecular complexity index is 576. The first kappa shape index (κ1) is 18.6. The molecule has 0 spiro atoms. The van der Waals surface area contributed by atoms with Gasteiger partial charge >= 0.3 is 0 Å². The third-order valence-corrected chi connectivity index (χ3v) is 6.46. The van der Waals surface area contributed by atoms with Crippen molar-refractivity contribution in [2.75, 3.05) is 0 Å². The van der Waals surface area contributed by atoms with Crippen molar-refractivity contribution >= 4 is 0 Å². The fourth-order valence-electron chi connectivity index (χ4n) is 4.96. The zero-order valence-corrected chi connectivity index (χ0v) is 15.6. The number of hydrogen-bond acceptors (Lipinski definition) is 0. The molecule has 138 valence electrons. The van der Waals surface area contributed by atoms with Crippen LogP contribution in [-0.2, 0) is 6.42 Å². The van der Waals surface area contributed by atoms with Crippen molar-refractivity contribution in [3.8, 4) is 0 Å². The molecule has 0 bridgehead atoms. The summed E-state index contributed by atoms with van der Waals surface area (Å²) in [5, 5.41) is 0. The van der Waals surface area contributed by atoms with Crippen LogP contribution in [0.1, 0.15) is 88.2 Å². The Morgan fingerprint density at radius 3 is 2.20 bits per heavy atom. The quantitative estimate of drug-likeness (QED) is 0.490. The summed E-state index contributed by atoms with van der Waals surface area (Å²) in [6.07, 6.45) is 16.7. The van der Waals surface area contributed by atoms with E-state index in [1.165, 1.54) is 44.9 Å². The summed E-state index contributed by atoms with van der Waals surface area (Å²) in [7, 11) is 0. The highest BCUT2D eigenvalue weighted by Crippen LogP contribution is 2.43. The minimum absolute atomic E-state index is 0.203. The Balaban J connectivity index is 1.62. The summed E-state index contributed by atoms with van der Waals surface area (Å²) in [6, 6.07) is 3.64. The van der Waals surface area contributed by atoms with Crippen molar-refractivity contribution in [1.82, 2.24) is 0 Å². The summed E-state index contributed by atoms with van der Waals surface area (Å²) in [4.78, 5) is 0. The summed E-state index contributed by atoms with van der Waals surface area (Å²) in [6.45, 7) is 2.04. The fourth-order valence-corrected chi connectivity index (χ4v) is 4.96. The molecule has 25 heavy (non-hydrogen) atoms. The monoisotopic (exact) mass is 346 g/mol. The molecule has 1 aromatic carbocycles. The van der Waals surface area contributed by atoms with Gasteiger partial charge in [0, 0.05) is 0 Å². The van der Waals surface area contributed by atoms with E-state index in [-0.39, 0.29) is 5.92 Å². The van der Waals surface area contributed by atoms with E-state index < -0.39 is 11.6 Å². The van der Waals surface area contributed by atoms with Crippen LogP contribution >= 0.6 is 0 Å². The van der Waals surface area contributed by atoms with Crippen LogP contribution in [0.5, 0.6) is 0 Å². The van der Waals surface area contributed by atoms with E-state index >= 15 is 0 Å². The number of halogens is 2. The molecule has 0 radical (unpaired) electrons. The van der Waals surface area contributed by atoms with Crippen LogP contribution in [0.25, 0.3) is 0 Å². The van der Waals surface area contributed by atoms with Gasteiger partial charge in [-0.05, 0) is 67.4 Å². The van der Waals surface area contributed by atoms with Crippen molar-refractivity contribution in [1.29, 1.82) is 0 Å². The highest BCUT2D eigenvalue weighted by atomic mass is 19.2. The lowest BCUT2D eigenvalue weighted by Gasteiger charge is -2.36. The SMILES string of the molecule is CC/C=C\Cc1ccc(C2CCC(C3CCCCC3)CC2)c(F)c1F. The normalized spacial score (nSPS) is 25.6. The molecule has 0 saturated heterocycles. The van der Waals surface area contributed by atoms with E-state index in [0.29, 0.717) is 17.5 Å². The van der Waals surface area contributed by atoms with Crippen molar-refractivity contribution in [3.63, 3.8) is 0 Å². The standard InChI is InChI=1S/C23H32F2/c1-2-3-5-10-20-15-16-21(23(25)22(20)24)19-13-11-18(12-14-19)17-8-6-4-7-9-17/h3,5,15-19H,2,4,6-14H2,1H3/b5-3-. The first-order valence-electron chi connectivity index (χ1n) is 10.3. The molecule has 0 aromatic heterocycles. The smallest absolute Gasteiger partial charge is 0.162 e. The van der Waals surface area contributed by atoms with Crippen LogP contribution in [-0.4, -0.2) is 0 Å². The molecule has 2 aliphatic carbocycles.